The van der Waals surface area contributed by atoms with E-state index in [1.165, 1.54) is 0 Å². The van der Waals surface area contributed by atoms with Gasteiger partial charge in [-0.15, -0.1) is 0 Å². The molecule has 0 aliphatic heterocycles. The van der Waals surface area contributed by atoms with Crippen LogP contribution in [0.2, 0.25) is 0 Å². The van der Waals surface area contributed by atoms with Crippen LogP contribution >= 0.6 is 69.6 Å². The van der Waals surface area contributed by atoms with Gasteiger partial charge in [0.15, 0.2) is 0 Å². The van der Waals surface area contributed by atoms with Gasteiger partial charge in [0.05, 0.1) is 5.41 Å². The molecular formula is C10H7Cl6. The van der Waals surface area contributed by atoms with Gasteiger partial charge in [0.1, 0.15) is 0 Å². The molecule has 1 aromatic rings. The van der Waals surface area contributed by atoms with Gasteiger partial charge < -0.3 is 0 Å². The number of rotatable bonds is 1. The summed E-state index contributed by atoms with van der Waals surface area (Å²) < 4.78 is -3.70. The molecule has 0 bridgehead atoms. The minimum atomic E-state index is -1.85. The van der Waals surface area contributed by atoms with E-state index < -0.39 is 13.0 Å². The van der Waals surface area contributed by atoms with Crippen LogP contribution in [0, 0.1) is 6.92 Å². The molecule has 0 saturated heterocycles. The molecule has 0 fully saturated rings. The summed E-state index contributed by atoms with van der Waals surface area (Å²) in [5.41, 5.74) is -0.952. The van der Waals surface area contributed by atoms with Gasteiger partial charge in [0, 0.05) is 0 Å². The highest BCUT2D eigenvalue weighted by molar-refractivity contribution is 6.74. The minimum Gasteiger partial charge on any atom is -0.0825 e. The SMILES string of the molecule is [CH2]C(c1ccccc1)(C(Cl)(Cl)Cl)C(Cl)(Cl)Cl. The van der Waals surface area contributed by atoms with E-state index in [0.29, 0.717) is 5.56 Å². The van der Waals surface area contributed by atoms with Crippen molar-refractivity contribution in [2.45, 2.75) is 13.0 Å². The Kier molecular flexibility index (Phi) is 4.61. The van der Waals surface area contributed by atoms with E-state index >= 15 is 0 Å². The zero-order valence-electron chi connectivity index (χ0n) is 7.86. The van der Waals surface area contributed by atoms with Crippen LogP contribution in [0.1, 0.15) is 5.56 Å². The molecule has 1 radical (unpaired) electrons. The molecule has 0 nitrogen and oxygen atoms in total. The first-order valence-corrected chi connectivity index (χ1v) is 6.42. The molecule has 0 spiro atoms. The van der Waals surface area contributed by atoms with E-state index in [1.807, 2.05) is 0 Å². The van der Waals surface area contributed by atoms with Gasteiger partial charge in [-0.05, 0) is 12.5 Å². The van der Waals surface area contributed by atoms with Crippen molar-refractivity contribution < 1.29 is 0 Å². The van der Waals surface area contributed by atoms with Crippen LogP contribution in [0.15, 0.2) is 30.3 Å². The lowest BCUT2D eigenvalue weighted by Gasteiger charge is -2.41. The smallest absolute Gasteiger partial charge is 0.0825 e. The Labute approximate surface area is 125 Å². The summed E-state index contributed by atoms with van der Waals surface area (Å²) in [5, 5.41) is 0. The second-order valence-corrected chi connectivity index (χ2v) is 7.83. The highest BCUT2D eigenvalue weighted by atomic mass is 35.6. The first-order chi connectivity index (χ1) is 7.11. The van der Waals surface area contributed by atoms with Crippen molar-refractivity contribution in [2.24, 2.45) is 0 Å². The molecule has 0 atom stereocenters. The molecule has 0 aliphatic rings. The Morgan fingerprint density at radius 3 is 1.44 bits per heavy atom. The summed E-state index contributed by atoms with van der Waals surface area (Å²) in [7, 11) is 0. The maximum Gasteiger partial charge on any atom is 0.204 e. The third-order valence-corrected chi connectivity index (χ3v) is 4.17. The van der Waals surface area contributed by atoms with Gasteiger partial charge in [-0.1, -0.05) is 99.9 Å². The third-order valence-electron chi connectivity index (χ3n) is 2.23. The van der Waals surface area contributed by atoms with E-state index in [9.17, 15) is 0 Å². The minimum absolute atomic E-state index is 0.537. The zero-order chi connectivity index (χ0) is 12.6. The lowest BCUT2D eigenvalue weighted by molar-refractivity contribution is 0.553. The second-order valence-electron chi connectivity index (χ2n) is 3.27. The summed E-state index contributed by atoms with van der Waals surface area (Å²) in [6.45, 7) is 3.79. The summed E-state index contributed by atoms with van der Waals surface area (Å²) >= 11 is 35.2. The molecule has 0 saturated carbocycles. The zero-order valence-corrected chi connectivity index (χ0v) is 12.4. The molecule has 0 aromatic heterocycles. The van der Waals surface area contributed by atoms with Crippen molar-refractivity contribution in [2.75, 3.05) is 0 Å². The van der Waals surface area contributed by atoms with Crippen LogP contribution < -0.4 is 0 Å². The lowest BCUT2D eigenvalue weighted by Crippen LogP contribution is -2.48. The van der Waals surface area contributed by atoms with Crippen molar-refractivity contribution >= 4 is 69.6 Å². The first-order valence-electron chi connectivity index (χ1n) is 4.15. The number of hydrogen-bond acceptors (Lipinski definition) is 0. The molecule has 1 aromatic carbocycles. The van der Waals surface area contributed by atoms with Crippen LogP contribution in [-0.2, 0) is 5.41 Å². The standard InChI is InChI=1S/C10H7Cl6/c1-8(9(11,12)13,10(14,15)16)7-5-3-2-4-6-7/h2-6H,1H2. The quantitative estimate of drug-likeness (QED) is 0.593. The first kappa shape index (κ1) is 15.0. The molecule has 0 N–H and O–H groups in total. The maximum atomic E-state index is 5.87. The third kappa shape index (κ3) is 2.68. The summed E-state index contributed by atoms with van der Waals surface area (Å²) in [6.07, 6.45) is 0. The number of benzene rings is 1. The molecule has 89 valence electrons. The van der Waals surface area contributed by atoms with E-state index in [1.54, 1.807) is 30.3 Å². The van der Waals surface area contributed by atoms with Crippen LogP contribution in [-0.4, -0.2) is 7.59 Å². The fourth-order valence-electron chi connectivity index (χ4n) is 1.21. The topological polar surface area (TPSA) is 0 Å². The Morgan fingerprint density at radius 2 is 1.12 bits per heavy atom. The summed E-state index contributed by atoms with van der Waals surface area (Å²) in [6, 6.07) is 8.69. The molecule has 0 heterocycles. The Hall–Kier alpha value is 0.960. The Bertz CT molecular complexity index is 334. The number of halogens is 6. The molecule has 1 rings (SSSR count). The van der Waals surface area contributed by atoms with E-state index in [4.69, 9.17) is 69.6 Å². The molecule has 6 heteroatoms. The predicted octanol–water partition coefficient (Wildman–Crippen LogP) is 5.50. The van der Waals surface area contributed by atoms with Crippen molar-refractivity contribution in [3.63, 3.8) is 0 Å². The Balaban J connectivity index is 3.39. The predicted molar refractivity (Wildman–Crippen MR) is 74.1 cm³/mol. The van der Waals surface area contributed by atoms with Gasteiger partial charge in [-0.3, -0.25) is 0 Å². The van der Waals surface area contributed by atoms with Gasteiger partial charge in [0.25, 0.3) is 0 Å². The lowest BCUT2D eigenvalue weighted by atomic mass is 9.85. The van der Waals surface area contributed by atoms with Crippen molar-refractivity contribution in [3.8, 4) is 0 Å². The van der Waals surface area contributed by atoms with Gasteiger partial charge >= 0.3 is 0 Å². The van der Waals surface area contributed by atoms with Gasteiger partial charge in [-0.25, -0.2) is 0 Å². The molecule has 0 amide bonds. The number of alkyl halides is 6. The van der Waals surface area contributed by atoms with Gasteiger partial charge in [0.2, 0.25) is 7.59 Å². The van der Waals surface area contributed by atoms with E-state index in [-0.39, 0.29) is 0 Å². The highest BCUT2D eigenvalue weighted by Gasteiger charge is 2.58. The highest BCUT2D eigenvalue weighted by Crippen LogP contribution is 2.58. The average Bonchev–Trinajstić information content (AvgIpc) is 2.14. The molecular weight excluding hydrogens is 333 g/mol. The molecule has 0 aliphatic carbocycles. The summed E-state index contributed by atoms with van der Waals surface area (Å²) in [4.78, 5) is 0. The largest absolute Gasteiger partial charge is 0.204 e. The van der Waals surface area contributed by atoms with E-state index in [2.05, 4.69) is 6.92 Å². The van der Waals surface area contributed by atoms with Gasteiger partial charge in [-0.2, -0.15) is 0 Å². The van der Waals surface area contributed by atoms with Crippen LogP contribution in [0.3, 0.4) is 0 Å². The van der Waals surface area contributed by atoms with Crippen LogP contribution in [0.5, 0.6) is 0 Å². The normalized spacial score (nSPS) is 13.9. The van der Waals surface area contributed by atoms with Crippen molar-refractivity contribution in [1.82, 2.24) is 0 Å². The number of hydrogen-bond donors (Lipinski definition) is 0. The van der Waals surface area contributed by atoms with Crippen molar-refractivity contribution in [1.29, 1.82) is 0 Å². The fourth-order valence-corrected chi connectivity index (χ4v) is 3.15. The Morgan fingerprint density at radius 1 is 0.750 bits per heavy atom. The second kappa shape index (κ2) is 4.91. The van der Waals surface area contributed by atoms with Crippen LogP contribution in [0.4, 0.5) is 0 Å². The average molecular weight is 340 g/mol. The van der Waals surface area contributed by atoms with Crippen molar-refractivity contribution in [3.05, 3.63) is 42.8 Å². The van der Waals surface area contributed by atoms with E-state index in [0.717, 1.165) is 0 Å². The van der Waals surface area contributed by atoms with Crippen LogP contribution in [0.25, 0.3) is 0 Å². The monoisotopic (exact) mass is 337 g/mol. The summed E-state index contributed by atoms with van der Waals surface area (Å²) in [5.74, 6) is 0. The fraction of sp³-hybridized carbons (Fsp3) is 0.300. The molecule has 0 unspecified atom stereocenters. The maximum absolute atomic E-state index is 5.87. The molecule has 16 heavy (non-hydrogen) atoms.